The normalized spacial score (nSPS) is 16.8. The van der Waals surface area contributed by atoms with E-state index in [4.69, 9.17) is 10.5 Å². The molecule has 0 aliphatic carbocycles. The third-order valence-corrected chi connectivity index (χ3v) is 5.56. The highest BCUT2D eigenvalue weighted by molar-refractivity contribution is 6.07. The van der Waals surface area contributed by atoms with Gasteiger partial charge in [0.1, 0.15) is 11.4 Å². The van der Waals surface area contributed by atoms with Gasteiger partial charge in [-0.2, -0.15) is 9.61 Å². The lowest BCUT2D eigenvalue weighted by Gasteiger charge is -2.21. The molecule has 0 spiro atoms. The van der Waals surface area contributed by atoms with Gasteiger partial charge in [0.15, 0.2) is 0 Å². The third kappa shape index (κ3) is 3.05. The van der Waals surface area contributed by atoms with E-state index < -0.39 is 11.8 Å². The first-order valence-electron chi connectivity index (χ1n) is 9.86. The summed E-state index contributed by atoms with van der Waals surface area (Å²) in [5.41, 5.74) is 6.79. The summed E-state index contributed by atoms with van der Waals surface area (Å²) in [7, 11) is 0. The standard InChI is InChI=1S/C20H24FN5O3/c1-3-25-16-8-17(24-6-5-12(9-22)11-24)15(21)7-13(16)18-14(19(27)29-4-2)10-23-26(18)20(25)28/h7-8,10,12H,3-6,9,11,22H2,1-2H3/t12-/m0/s1. The first kappa shape index (κ1) is 19.4. The Hall–Kier alpha value is -2.94. The molecule has 0 amide bonds. The summed E-state index contributed by atoms with van der Waals surface area (Å²) in [6, 6.07) is 3.07. The number of aromatic nitrogens is 3. The van der Waals surface area contributed by atoms with Gasteiger partial charge in [-0.15, -0.1) is 0 Å². The number of anilines is 1. The summed E-state index contributed by atoms with van der Waals surface area (Å²) in [6.07, 6.45) is 2.20. The van der Waals surface area contributed by atoms with Crippen molar-refractivity contribution >= 4 is 28.1 Å². The maximum absolute atomic E-state index is 15.1. The molecule has 4 rings (SSSR count). The van der Waals surface area contributed by atoms with Gasteiger partial charge in [0.2, 0.25) is 0 Å². The monoisotopic (exact) mass is 401 g/mol. The molecule has 8 nitrogen and oxygen atoms in total. The highest BCUT2D eigenvalue weighted by atomic mass is 19.1. The fourth-order valence-corrected chi connectivity index (χ4v) is 4.08. The molecule has 0 saturated carbocycles. The lowest BCUT2D eigenvalue weighted by molar-refractivity contribution is 0.0528. The number of nitrogens with zero attached hydrogens (tertiary/aromatic N) is 4. The second-order valence-corrected chi connectivity index (χ2v) is 7.22. The van der Waals surface area contributed by atoms with Crippen LogP contribution in [-0.2, 0) is 11.3 Å². The van der Waals surface area contributed by atoms with E-state index in [1.165, 1.54) is 16.8 Å². The number of carbonyl (C=O) groups is 1. The molecule has 2 N–H and O–H groups in total. The van der Waals surface area contributed by atoms with E-state index >= 15 is 4.39 Å². The van der Waals surface area contributed by atoms with E-state index in [-0.39, 0.29) is 23.4 Å². The Morgan fingerprint density at radius 1 is 1.38 bits per heavy atom. The zero-order valence-corrected chi connectivity index (χ0v) is 16.5. The molecular formula is C20H24FN5O3. The minimum atomic E-state index is -0.590. The third-order valence-electron chi connectivity index (χ3n) is 5.56. The molecule has 154 valence electrons. The summed E-state index contributed by atoms with van der Waals surface area (Å²) < 4.78 is 22.9. The van der Waals surface area contributed by atoms with Crippen molar-refractivity contribution in [2.45, 2.75) is 26.8 Å². The molecule has 1 fully saturated rings. The molecule has 3 heterocycles. The molecule has 1 aromatic carbocycles. The van der Waals surface area contributed by atoms with E-state index in [0.717, 1.165) is 10.9 Å². The Labute approximate surface area is 166 Å². The van der Waals surface area contributed by atoms with Crippen molar-refractivity contribution in [3.63, 3.8) is 0 Å². The molecule has 9 heteroatoms. The van der Waals surface area contributed by atoms with Gasteiger partial charge in [0, 0.05) is 25.0 Å². The van der Waals surface area contributed by atoms with Crippen LogP contribution in [0.3, 0.4) is 0 Å². The van der Waals surface area contributed by atoms with Gasteiger partial charge in [0.25, 0.3) is 0 Å². The molecule has 2 aromatic heterocycles. The number of nitrogens with two attached hydrogens (primary N) is 1. The van der Waals surface area contributed by atoms with Crippen molar-refractivity contribution in [1.29, 1.82) is 0 Å². The Morgan fingerprint density at radius 2 is 2.17 bits per heavy atom. The molecule has 0 bridgehead atoms. The van der Waals surface area contributed by atoms with Gasteiger partial charge in [-0.1, -0.05) is 0 Å². The van der Waals surface area contributed by atoms with Crippen LogP contribution in [0, 0.1) is 11.7 Å². The first-order valence-corrected chi connectivity index (χ1v) is 9.86. The molecule has 1 aliphatic heterocycles. The Kier molecular flexibility index (Phi) is 4.99. The lowest BCUT2D eigenvalue weighted by atomic mass is 10.1. The maximum Gasteiger partial charge on any atom is 0.349 e. The predicted molar refractivity (Wildman–Crippen MR) is 108 cm³/mol. The minimum Gasteiger partial charge on any atom is -0.462 e. The molecule has 1 saturated heterocycles. The second-order valence-electron chi connectivity index (χ2n) is 7.22. The number of benzene rings is 1. The van der Waals surface area contributed by atoms with E-state index in [1.807, 2.05) is 11.8 Å². The number of esters is 1. The largest absolute Gasteiger partial charge is 0.462 e. The van der Waals surface area contributed by atoms with Gasteiger partial charge < -0.3 is 15.4 Å². The zero-order valence-electron chi connectivity index (χ0n) is 16.5. The van der Waals surface area contributed by atoms with Gasteiger partial charge in [-0.05, 0) is 44.9 Å². The Balaban J connectivity index is 1.99. The van der Waals surface area contributed by atoms with Crippen LogP contribution in [0.25, 0.3) is 16.4 Å². The smallest absolute Gasteiger partial charge is 0.349 e. The molecule has 1 aliphatic rings. The zero-order chi connectivity index (χ0) is 20.7. The number of hydrogen-bond acceptors (Lipinski definition) is 6. The van der Waals surface area contributed by atoms with Crippen LogP contribution >= 0.6 is 0 Å². The van der Waals surface area contributed by atoms with Crippen LogP contribution in [0.4, 0.5) is 10.1 Å². The van der Waals surface area contributed by atoms with E-state index in [9.17, 15) is 9.59 Å². The number of hydrogen-bond donors (Lipinski definition) is 1. The molecule has 1 atom stereocenters. The van der Waals surface area contributed by atoms with Crippen molar-refractivity contribution in [2.75, 3.05) is 31.1 Å². The van der Waals surface area contributed by atoms with Gasteiger partial charge >= 0.3 is 11.7 Å². The van der Waals surface area contributed by atoms with Crippen molar-refractivity contribution in [3.05, 3.63) is 40.2 Å². The van der Waals surface area contributed by atoms with Crippen molar-refractivity contribution < 1.29 is 13.9 Å². The molecule has 0 unspecified atom stereocenters. The van der Waals surface area contributed by atoms with Crippen LogP contribution in [0.5, 0.6) is 0 Å². The number of ether oxygens (including phenoxy) is 1. The molecule has 0 radical (unpaired) electrons. The number of rotatable bonds is 5. The first-order chi connectivity index (χ1) is 14.0. The highest BCUT2D eigenvalue weighted by Crippen LogP contribution is 2.32. The van der Waals surface area contributed by atoms with E-state index in [1.54, 1.807) is 13.0 Å². The van der Waals surface area contributed by atoms with Crippen molar-refractivity contribution in [2.24, 2.45) is 11.7 Å². The highest BCUT2D eigenvalue weighted by Gasteiger charge is 2.26. The summed E-state index contributed by atoms with van der Waals surface area (Å²) >= 11 is 0. The summed E-state index contributed by atoms with van der Waals surface area (Å²) in [5.74, 6) is -0.673. The summed E-state index contributed by atoms with van der Waals surface area (Å²) in [6.45, 7) is 6.06. The number of fused-ring (bicyclic) bond motifs is 3. The van der Waals surface area contributed by atoms with Gasteiger partial charge in [0.05, 0.1) is 29.5 Å². The minimum absolute atomic E-state index is 0.147. The van der Waals surface area contributed by atoms with E-state index in [0.29, 0.717) is 48.7 Å². The van der Waals surface area contributed by atoms with Crippen LogP contribution in [-0.4, -0.2) is 46.4 Å². The van der Waals surface area contributed by atoms with Crippen LogP contribution in [0.2, 0.25) is 0 Å². The second kappa shape index (κ2) is 7.47. The van der Waals surface area contributed by atoms with E-state index in [2.05, 4.69) is 5.10 Å². The molecular weight excluding hydrogens is 377 g/mol. The Morgan fingerprint density at radius 3 is 2.83 bits per heavy atom. The predicted octanol–water partition coefficient (Wildman–Crippen LogP) is 1.77. The maximum atomic E-state index is 15.1. The van der Waals surface area contributed by atoms with Crippen molar-refractivity contribution in [1.82, 2.24) is 14.2 Å². The number of carbonyl (C=O) groups excluding carboxylic acids is 1. The summed E-state index contributed by atoms with van der Waals surface area (Å²) in [5, 5.41) is 4.51. The SMILES string of the molecule is CCOC(=O)c1cnn2c(=O)n(CC)c3cc(N4CC[C@@H](CN)C4)c(F)cc3c12. The fourth-order valence-electron chi connectivity index (χ4n) is 4.08. The molecule has 29 heavy (non-hydrogen) atoms. The van der Waals surface area contributed by atoms with Crippen LogP contribution in [0.1, 0.15) is 30.6 Å². The van der Waals surface area contributed by atoms with Gasteiger partial charge in [-0.3, -0.25) is 4.57 Å². The number of halogens is 1. The average Bonchev–Trinajstić information content (AvgIpc) is 3.36. The average molecular weight is 401 g/mol. The van der Waals surface area contributed by atoms with Crippen LogP contribution in [0.15, 0.2) is 23.1 Å². The number of aryl methyl sites for hydroxylation is 1. The quantitative estimate of drug-likeness (QED) is 0.655. The van der Waals surface area contributed by atoms with Crippen LogP contribution < -0.4 is 16.3 Å². The fraction of sp³-hybridized carbons (Fsp3) is 0.450. The lowest BCUT2D eigenvalue weighted by Crippen LogP contribution is -2.28. The summed E-state index contributed by atoms with van der Waals surface area (Å²) in [4.78, 5) is 27.3. The van der Waals surface area contributed by atoms with Gasteiger partial charge in [-0.25, -0.2) is 14.0 Å². The van der Waals surface area contributed by atoms with Crippen molar-refractivity contribution in [3.8, 4) is 0 Å². The Bertz CT molecular complexity index is 1150. The molecule has 3 aromatic rings. The topological polar surface area (TPSA) is 94.9 Å².